The fraction of sp³-hybridized carbons (Fsp3) is 0.913. The molecule has 1 atom stereocenters. The second kappa shape index (κ2) is 20.0. The zero-order valence-corrected chi connectivity index (χ0v) is 17.2. The van der Waals surface area contributed by atoms with Crippen molar-refractivity contribution in [2.45, 2.75) is 110 Å². The van der Waals surface area contributed by atoms with Crippen molar-refractivity contribution in [2.24, 2.45) is 11.8 Å². The average Bonchev–Trinajstić information content (AvgIpc) is 2.61. The van der Waals surface area contributed by atoms with E-state index < -0.39 is 0 Å². The van der Waals surface area contributed by atoms with Crippen LogP contribution in [-0.2, 0) is 0 Å². The molecule has 150 valence electrons. The molecule has 0 spiro atoms. The van der Waals surface area contributed by atoms with Crippen molar-refractivity contribution in [2.75, 3.05) is 13.2 Å². The maximum Gasteiger partial charge on any atom is 0.0433 e. The summed E-state index contributed by atoms with van der Waals surface area (Å²) in [7, 11) is 0. The normalized spacial score (nSPS) is 13.2. The van der Waals surface area contributed by atoms with Crippen molar-refractivity contribution in [1.29, 1.82) is 0 Å². The first-order chi connectivity index (χ1) is 12.3. The predicted molar refractivity (Wildman–Crippen MR) is 111 cm³/mol. The zero-order valence-electron chi connectivity index (χ0n) is 17.2. The van der Waals surface area contributed by atoms with Crippen molar-refractivity contribution < 1.29 is 10.2 Å². The van der Waals surface area contributed by atoms with Crippen LogP contribution in [0.2, 0.25) is 0 Å². The van der Waals surface area contributed by atoms with E-state index in [-0.39, 0.29) is 13.2 Å². The van der Waals surface area contributed by atoms with Gasteiger partial charge in [0.15, 0.2) is 0 Å². The third-order valence-electron chi connectivity index (χ3n) is 5.48. The fourth-order valence-electron chi connectivity index (χ4n) is 3.64. The van der Waals surface area contributed by atoms with Crippen molar-refractivity contribution in [3.05, 3.63) is 12.2 Å². The Morgan fingerprint density at radius 2 is 1.12 bits per heavy atom. The Balaban J connectivity index is 3.41. The lowest BCUT2D eigenvalue weighted by molar-refractivity contribution is 0.176. The third-order valence-corrected chi connectivity index (χ3v) is 5.48. The molecule has 1 unspecified atom stereocenters. The summed E-state index contributed by atoms with van der Waals surface area (Å²) in [6.45, 7) is 5.05. The molecular formula is C23H46O2. The maximum absolute atomic E-state index is 9.12. The molecule has 0 aliphatic heterocycles. The van der Waals surface area contributed by atoms with Gasteiger partial charge in [-0.1, -0.05) is 83.8 Å². The van der Waals surface area contributed by atoms with Crippen LogP contribution in [0.15, 0.2) is 12.2 Å². The summed E-state index contributed by atoms with van der Waals surface area (Å²) in [6, 6.07) is 0. The van der Waals surface area contributed by atoms with Crippen LogP contribution in [0.25, 0.3) is 0 Å². The van der Waals surface area contributed by atoms with Gasteiger partial charge in [0.2, 0.25) is 0 Å². The van der Waals surface area contributed by atoms with E-state index >= 15 is 0 Å². The molecule has 0 bridgehead atoms. The number of unbranched alkanes of at least 4 members (excludes halogenated alkanes) is 10. The summed E-state index contributed by atoms with van der Waals surface area (Å²) in [4.78, 5) is 0. The van der Waals surface area contributed by atoms with Crippen LogP contribution in [-0.4, -0.2) is 23.4 Å². The Kier molecular flexibility index (Phi) is 19.7. The van der Waals surface area contributed by atoms with Crippen molar-refractivity contribution in [3.63, 3.8) is 0 Å². The molecule has 0 aromatic heterocycles. The highest BCUT2D eigenvalue weighted by Crippen LogP contribution is 2.24. The van der Waals surface area contributed by atoms with Crippen LogP contribution in [0, 0.1) is 11.8 Å². The molecular weight excluding hydrogens is 308 g/mol. The quantitative estimate of drug-likeness (QED) is 0.201. The minimum absolute atomic E-state index is 0.250. The van der Waals surface area contributed by atoms with Gasteiger partial charge >= 0.3 is 0 Å². The molecule has 0 saturated heterocycles. The van der Waals surface area contributed by atoms with Crippen LogP contribution < -0.4 is 0 Å². The van der Waals surface area contributed by atoms with Crippen molar-refractivity contribution in [1.82, 2.24) is 0 Å². The lowest BCUT2D eigenvalue weighted by atomic mass is 9.85. The molecule has 0 aliphatic carbocycles. The van der Waals surface area contributed by atoms with Crippen molar-refractivity contribution in [3.8, 4) is 0 Å². The molecule has 0 rings (SSSR count). The average molecular weight is 355 g/mol. The van der Waals surface area contributed by atoms with E-state index in [4.69, 9.17) is 10.2 Å². The lowest BCUT2D eigenvalue weighted by Crippen LogP contribution is -2.15. The second-order valence-electron chi connectivity index (χ2n) is 7.78. The van der Waals surface area contributed by atoms with Crippen molar-refractivity contribution >= 4 is 0 Å². The second-order valence-corrected chi connectivity index (χ2v) is 7.78. The molecule has 0 radical (unpaired) electrons. The van der Waals surface area contributed by atoms with Crippen LogP contribution in [0.4, 0.5) is 0 Å². The molecule has 25 heavy (non-hydrogen) atoms. The number of hydrogen-bond acceptors (Lipinski definition) is 2. The van der Waals surface area contributed by atoms with Gasteiger partial charge in [-0.3, -0.25) is 0 Å². The van der Waals surface area contributed by atoms with Crippen LogP contribution >= 0.6 is 0 Å². The van der Waals surface area contributed by atoms with E-state index in [1.54, 1.807) is 0 Å². The topological polar surface area (TPSA) is 40.5 Å². The van der Waals surface area contributed by atoms with Gasteiger partial charge < -0.3 is 10.2 Å². The lowest BCUT2D eigenvalue weighted by Gasteiger charge is -2.22. The van der Waals surface area contributed by atoms with E-state index in [1.807, 2.05) is 0 Å². The Morgan fingerprint density at radius 3 is 1.64 bits per heavy atom. The number of hydrogen-bond donors (Lipinski definition) is 2. The van der Waals surface area contributed by atoms with E-state index in [2.05, 4.69) is 26.0 Å². The molecule has 2 N–H and O–H groups in total. The summed E-state index contributed by atoms with van der Waals surface area (Å²) in [5, 5.41) is 18.2. The molecule has 0 aromatic rings. The standard InChI is InChI=1S/C23H46O2/c1-3-4-5-6-7-8-9-10-11-12-13-14-15-16-17-22(2)23(18-20-24)19-21-25/h10-11,22-25H,3-9,12-21H2,1-2H3/b11-10-. The van der Waals surface area contributed by atoms with Gasteiger partial charge in [-0.15, -0.1) is 0 Å². The van der Waals surface area contributed by atoms with Gasteiger partial charge in [0, 0.05) is 13.2 Å². The van der Waals surface area contributed by atoms with Crippen LogP contribution in [0.1, 0.15) is 110 Å². The van der Waals surface area contributed by atoms with Gasteiger partial charge in [0.1, 0.15) is 0 Å². The van der Waals surface area contributed by atoms with E-state index in [0.29, 0.717) is 11.8 Å². The highest BCUT2D eigenvalue weighted by Gasteiger charge is 2.15. The summed E-state index contributed by atoms with van der Waals surface area (Å²) in [5.74, 6) is 1.11. The van der Waals surface area contributed by atoms with Gasteiger partial charge in [-0.05, 0) is 50.4 Å². The molecule has 0 fully saturated rings. The number of aliphatic hydroxyl groups excluding tert-OH is 2. The van der Waals surface area contributed by atoms with Gasteiger partial charge in [-0.25, -0.2) is 0 Å². The summed E-state index contributed by atoms with van der Waals surface area (Å²) in [5.41, 5.74) is 0. The molecule has 0 amide bonds. The first-order valence-corrected chi connectivity index (χ1v) is 11.1. The predicted octanol–water partition coefficient (Wildman–Crippen LogP) is 6.65. The Labute approximate surface area is 158 Å². The molecule has 0 saturated carbocycles. The Morgan fingerprint density at radius 1 is 0.640 bits per heavy atom. The molecule has 2 heteroatoms. The Bertz CT molecular complexity index is 269. The molecule has 0 heterocycles. The molecule has 0 aromatic carbocycles. The highest BCUT2D eigenvalue weighted by molar-refractivity contribution is 4.81. The SMILES string of the molecule is CCCCCCCC/C=C\CCCCCCC(C)C(CCO)CCO. The zero-order chi connectivity index (χ0) is 18.6. The van der Waals surface area contributed by atoms with E-state index in [1.165, 1.54) is 83.5 Å². The van der Waals surface area contributed by atoms with Crippen LogP contribution in [0.5, 0.6) is 0 Å². The van der Waals surface area contributed by atoms with Gasteiger partial charge in [0.25, 0.3) is 0 Å². The highest BCUT2D eigenvalue weighted by atomic mass is 16.3. The van der Waals surface area contributed by atoms with Gasteiger partial charge in [0.05, 0.1) is 0 Å². The summed E-state index contributed by atoms with van der Waals surface area (Å²) >= 11 is 0. The van der Waals surface area contributed by atoms with E-state index in [9.17, 15) is 0 Å². The maximum atomic E-state index is 9.12. The monoisotopic (exact) mass is 354 g/mol. The minimum atomic E-state index is 0.250. The third kappa shape index (κ3) is 16.9. The first-order valence-electron chi connectivity index (χ1n) is 11.1. The first kappa shape index (κ1) is 24.7. The van der Waals surface area contributed by atoms with Gasteiger partial charge in [-0.2, -0.15) is 0 Å². The Hall–Kier alpha value is -0.340. The number of allylic oxidation sites excluding steroid dienone is 2. The number of aliphatic hydroxyl groups is 2. The summed E-state index contributed by atoms with van der Waals surface area (Å²) in [6.07, 6.45) is 23.8. The molecule has 2 nitrogen and oxygen atoms in total. The summed E-state index contributed by atoms with van der Waals surface area (Å²) < 4.78 is 0. The minimum Gasteiger partial charge on any atom is -0.396 e. The molecule has 0 aliphatic rings. The van der Waals surface area contributed by atoms with E-state index in [0.717, 1.165) is 12.8 Å². The fourth-order valence-corrected chi connectivity index (χ4v) is 3.64. The smallest absolute Gasteiger partial charge is 0.0433 e. The van der Waals surface area contributed by atoms with Crippen LogP contribution in [0.3, 0.4) is 0 Å². The largest absolute Gasteiger partial charge is 0.396 e. The number of rotatable bonds is 19.